The lowest BCUT2D eigenvalue weighted by atomic mass is 9.88. The molecule has 1 aromatic carbocycles. The average Bonchev–Trinajstić information content (AvgIpc) is 3.55. The normalized spacial score (nSPS) is 22.9. The van der Waals surface area contributed by atoms with E-state index in [2.05, 4.69) is 10.2 Å². The molecule has 3 aliphatic heterocycles. The average molecular weight is 558 g/mol. The Balaban J connectivity index is 1.41. The SMILES string of the molecule is COc1nc(N2CCC(C(C)(C)N)C2)c(O[C@H]2CCN3C(=O)OC[C@@H]3C2)cc1C(=O)NCc1ccc(Cl)cc1. The van der Waals surface area contributed by atoms with Crippen LogP contribution in [0.25, 0.3) is 0 Å². The summed E-state index contributed by atoms with van der Waals surface area (Å²) in [5.41, 5.74) is 7.31. The fraction of sp³-hybridized carbons (Fsp3) is 0.536. The van der Waals surface area contributed by atoms with Gasteiger partial charge < -0.3 is 35.1 Å². The van der Waals surface area contributed by atoms with Crippen LogP contribution in [-0.2, 0) is 11.3 Å². The van der Waals surface area contributed by atoms with Gasteiger partial charge in [0.25, 0.3) is 5.91 Å². The summed E-state index contributed by atoms with van der Waals surface area (Å²) < 4.78 is 17.4. The second-order valence-corrected chi connectivity index (χ2v) is 11.6. The molecule has 1 unspecified atom stereocenters. The van der Waals surface area contributed by atoms with Crippen molar-refractivity contribution < 1.29 is 23.8 Å². The molecule has 10 nitrogen and oxygen atoms in total. The molecule has 39 heavy (non-hydrogen) atoms. The minimum Gasteiger partial charge on any atom is -0.486 e. The van der Waals surface area contributed by atoms with Crippen molar-refractivity contribution in [3.63, 3.8) is 0 Å². The van der Waals surface area contributed by atoms with Gasteiger partial charge in [0.05, 0.1) is 13.2 Å². The monoisotopic (exact) mass is 557 g/mol. The first-order chi connectivity index (χ1) is 18.6. The van der Waals surface area contributed by atoms with Gasteiger partial charge in [0.15, 0.2) is 11.6 Å². The van der Waals surface area contributed by atoms with Crippen LogP contribution < -0.4 is 25.4 Å². The number of hydrogen-bond acceptors (Lipinski definition) is 8. The van der Waals surface area contributed by atoms with Gasteiger partial charge in [0, 0.05) is 55.6 Å². The van der Waals surface area contributed by atoms with E-state index in [1.807, 2.05) is 26.0 Å². The predicted octanol–water partition coefficient (Wildman–Crippen LogP) is 3.60. The van der Waals surface area contributed by atoms with E-state index in [-0.39, 0.29) is 47.0 Å². The van der Waals surface area contributed by atoms with Crippen molar-refractivity contribution in [2.24, 2.45) is 11.7 Å². The third-order valence-electron chi connectivity index (χ3n) is 7.87. The zero-order chi connectivity index (χ0) is 27.7. The summed E-state index contributed by atoms with van der Waals surface area (Å²) in [5.74, 6) is 1.34. The zero-order valence-corrected chi connectivity index (χ0v) is 23.4. The van der Waals surface area contributed by atoms with E-state index in [0.29, 0.717) is 49.1 Å². The molecule has 2 aromatic rings. The van der Waals surface area contributed by atoms with Crippen LogP contribution in [0.1, 0.15) is 49.0 Å². The summed E-state index contributed by atoms with van der Waals surface area (Å²) in [4.78, 5) is 34.0. The van der Waals surface area contributed by atoms with Gasteiger partial charge in [-0.1, -0.05) is 23.7 Å². The Hall–Kier alpha value is -3.24. The number of aromatic nitrogens is 1. The molecule has 3 N–H and O–H groups in total. The Morgan fingerprint density at radius 1 is 1.26 bits per heavy atom. The number of nitrogens with one attached hydrogen (secondary N) is 1. The first-order valence-electron chi connectivity index (χ1n) is 13.4. The Bertz CT molecular complexity index is 1220. The number of hydrogen-bond donors (Lipinski definition) is 2. The lowest BCUT2D eigenvalue weighted by Gasteiger charge is -2.33. The molecule has 4 heterocycles. The van der Waals surface area contributed by atoms with Crippen LogP contribution in [-0.4, -0.2) is 72.9 Å². The molecule has 0 radical (unpaired) electrons. The summed E-state index contributed by atoms with van der Waals surface area (Å²) in [6, 6.07) is 9.01. The number of rotatable bonds is 8. The van der Waals surface area contributed by atoms with Crippen LogP contribution in [0.3, 0.4) is 0 Å². The third kappa shape index (κ3) is 6.01. The fourth-order valence-electron chi connectivity index (χ4n) is 5.49. The van der Waals surface area contributed by atoms with E-state index in [1.54, 1.807) is 23.1 Å². The molecule has 11 heteroatoms. The quantitative estimate of drug-likeness (QED) is 0.505. The molecule has 0 aliphatic carbocycles. The summed E-state index contributed by atoms with van der Waals surface area (Å²) in [5, 5.41) is 3.58. The van der Waals surface area contributed by atoms with Crippen molar-refractivity contribution in [3.8, 4) is 11.6 Å². The number of benzene rings is 1. The molecule has 2 amide bonds. The lowest BCUT2D eigenvalue weighted by molar-refractivity contribution is 0.0912. The third-order valence-corrected chi connectivity index (χ3v) is 8.12. The number of cyclic esters (lactones) is 1. The molecule has 1 aromatic heterocycles. The fourth-order valence-corrected chi connectivity index (χ4v) is 5.62. The molecule has 0 saturated carbocycles. The van der Waals surface area contributed by atoms with Crippen molar-refractivity contribution in [3.05, 3.63) is 46.5 Å². The second kappa shape index (κ2) is 11.1. The van der Waals surface area contributed by atoms with Crippen LogP contribution in [0.2, 0.25) is 5.02 Å². The highest BCUT2D eigenvalue weighted by atomic mass is 35.5. The van der Waals surface area contributed by atoms with E-state index >= 15 is 0 Å². The Labute approximate surface area is 233 Å². The highest BCUT2D eigenvalue weighted by Crippen LogP contribution is 2.38. The summed E-state index contributed by atoms with van der Waals surface area (Å²) in [7, 11) is 1.51. The van der Waals surface area contributed by atoms with Gasteiger partial charge in [-0.2, -0.15) is 4.98 Å². The van der Waals surface area contributed by atoms with Crippen LogP contribution >= 0.6 is 11.6 Å². The van der Waals surface area contributed by atoms with Crippen molar-refractivity contribution in [2.45, 2.75) is 57.3 Å². The second-order valence-electron chi connectivity index (χ2n) is 11.1. The molecular weight excluding hydrogens is 522 g/mol. The zero-order valence-electron chi connectivity index (χ0n) is 22.6. The van der Waals surface area contributed by atoms with E-state index in [9.17, 15) is 9.59 Å². The van der Waals surface area contributed by atoms with Gasteiger partial charge in [0.1, 0.15) is 18.3 Å². The number of carbonyl (C=O) groups excluding carboxylic acids is 2. The minimum absolute atomic E-state index is 0.0118. The van der Waals surface area contributed by atoms with E-state index in [4.69, 9.17) is 36.5 Å². The predicted molar refractivity (Wildman–Crippen MR) is 147 cm³/mol. The molecular formula is C28H36ClN5O5. The molecule has 3 fully saturated rings. The molecule has 5 rings (SSSR count). The van der Waals surface area contributed by atoms with Crippen LogP contribution in [0.4, 0.5) is 10.6 Å². The van der Waals surface area contributed by atoms with Gasteiger partial charge >= 0.3 is 6.09 Å². The van der Waals surface area contributed by atoms with Crippen molar-refractivity contribution in [2.75, 3.05) is 38.3 Å². The van der Waals surface area contributed by atoms with Crippen molar-refractivity contribution in [1.29, 1.82) is 0 Å². The number of methoxy groups -OCH3 is 1. The maximum atomic E-state index is 13.3. The largest absolute Gasteiger partial charge is 0.486 e. The number of carbonyl (C=O) groups is 2. The first kappa shape index (κ1) is 27.3. The van der Waals surface area contributed by atoms with Crippen LogP contribution in [0.5, 0.6) is 11.6 Å². The minimum atomic E-state index is -0.330. The molecule has 3 aliphatic rings. The number of piperidine rings is 1. The number of nitrogens with zero attached hydrogens (tertiary/aromatic N) is 3. The molecule has 0 bridgehead atoms. The number of pyridine rings is 1. The number of amides is 2. The van der Waals surface area contributed by atoms with Gasteiger partial charge in [-0.25, -0.2) is 4.79 Å². The smallest absolute Gasteiger partial charge is 0.410 e. The van der Waals surface area contributed by atoms with Gasteiger partial charge in [0.2, 0.25) is 5.88 Å². The van der Waals surface area contributed by atoms with Gasteiger partial charge in [-0.05, 0) is 43.9 Å². The molecule has 210 valence electrons. The molecule has 3 atom stereocenters. The number of fused-ring (bicyclic) bond motifs is 1. The van der Waals surface area contributed by atoms with E-state index in [1.165, 1.54) is 7.11 Å². The van der Waals surface area contributed by atoms with Crippen molar-refractivity contribution in [1.82, 2.24) is 15.2 Å². The Morgan fingerprint density at radius 2 is 2.03 bits per heavy atom. The maximum Gasteiger partial charge on any atom is 0.410 e. The first-order valence-corrected chi connectivity index (χ1v) is 13.8. The number of anilines is 1. The summed E-state index contributed by atoms with van der Waals surface area (Å²) in [6.07, 6.45) is 1.82. The highest BCUT2D eigenvalue weighted by Gasteiger charge is 2.40. The van der Waals surface area contributed by atoms with Crippen LogP contribution in [0.15, 0.2) is 30.3 Å². The molecule has 3 saturated heterocycles. The highest BCUT2D eigenvalue weighted by molar-refractivity contribution is 6.30. The standard InChI is InChI=1S/C28H36ClN5O5/c1-28(2,30)18-8-10-33(15-18)24-23(39-21-9-11-34-20(12-21)16-38-27(34)36)13-22(26(32-24)37-3)25(35)31-14-17-4-6-19(29)7-5-17/h4-7,13,18,20-21H,8-12,14-16,30H2,1-3H3,(H,31,35)/t18?,20-,21-/m0/s1. The van der Waals surface area contributed by atoms with E-state index < -0.39 is 0 Å². The van der Waals surface area contributed by atoms with Crippen LogP contribution in [0, 0.1) is 5.92 Å². The van der Waals surface area contributed by atoms with Crippen molar-refractivity contribution >= 4 is 29.4 Å². The Morgan fingerprint density at radius 3 is 2.72 bits per heavy atom. The number of ether oxygens (including phenoxy) is 3. The number of nitrogens with two attached hydrogens (primary N) is 1. The topological polar surface area (TPSA) is 119 Å². The van der Waals surface area contributed by atoms with Gasteiger partial charge in [-0.15, -0.1) is 0 Å². The Kier molecular flexibility index (Phi) is 7.77. The summed E-state index contributed by atoms with van der Waals surface area (Å²) in [6.45, 7) is 6.83. The number of halogens is 1. The molecule has 0 spiro atoms. The van der Waals surface area contributed by atoms with Gasteiger partial charge in [-0.3, -0.25) is 4.79 Å². The lowest BCUT2D eigenvalue weighted by Crippen LogP contribution is -2.44. The maximum absolute atomic E-state index is 13.3. The van der Waals surface area contributed by atoms with E-state index in [0.717, 1.165) is 25.1 Å². The summed E-state index contributed by atoms with van der Waals surface area (Å²) >= 11 is 5.98.